The van der Waals surface area contributed by atoms with Gasteiger partial charge in [0.05, 0.1) is 0 Å². The second-order valence-corrected chi connectivity index (χ2v) is 5.26. The molecule has 1 heterocycles. The second-order valence-electron chi connectivity index (χ2n) is 5.26. The minimum Gasteiger partial charge on any atom is -0.490 e. The number of carboxylic acid groups (broad SMARTS) is 1. The number of amides is 1. The molecule has 1 aliphatic rings. The molecule has 0 fully saturated rings. The molecule has 0 bridgehead atoms. The molecule has 2 unspecified atom stereocenters. The lowest BCUT2D eigenvalue weighted by molar-refractivity contribution is -0.155. The zero-order valence-electron chi connectivity index (χ0n) is 11.0. The number of hydrogen-bond donors (Lipinski definition) is 2. The number of carbonyl (C=O) groups is 2. The average molecular weight is 263 g/mol. The van der Waals surface area contributed by atoms with Crippen LogP contribution in [0.1, 0.15) is 24.5 Å². The third-order valence-corrected chi connectivity index (χ3v) is 3.61. The molecule has 0 aliphatic carbocycles. The van der Waals surface area contributed by atoms with Gasteiger partial charge in [0.25, 0.3) is 0 Å². The predicted molar refractivity (Wildman–Crippen MR) is 68.9 cm³/mol. The summed E-state index contributed by atoms with van der Waals surface area (Å²) in [5, 5.41) is 9.17. The molecular formula is C14H17NO4. The van der Waals surface area contributed by atoms with Gasteiger partial charge in [-0.2, -0.15) is 0 Å². The van der Waals surface area contributed by atoms with Crippen molar-refractivity contribution in [3.63, 3.8) is 0 Å². The third kappa shape index (κ3) is 2.41. The lowest BCUT2D eigenvalue weighted by atomic mass is 9.83. The molecule has 0 spiro atoms. The van der Waals surface area contributed by atoms with Crippen LogP contribution in [0.2, 0.25) is 0 Å². The van der Waals surface area contributed by atoms with Crippen molar-refractivity contribution in [1.29, 1.82) is 0 Å². The number of fused-ring (bicyclic) bond motifs is 1. The maximum atomic E-state index is 11.4. The first-order chi connectivity index (χ1) is 8.83. The van der Waals surface area contributed by atoms with Crippen LogP contribution in [0.3, 0.4) is 0 Å². The molecule has 0 saturated carbocycles. The van der Waals surface area contributed by atoms with E-state index in [0.717, 1.165) is 16.9 Å². The summed E-state index contributed by atoms with van der Waals surface area (Å²) in [6, 6.07) is 5.82. The topological polar surface area (TPSA) is 89.6 Å². The van der Waals surface area contributed by atoms with Crippen LogP contribution in [0.5, 0.6) is 5.75 Å². The Morgan fingerprint density at radius 1 is 1.53 bits per heavy atom. The van der Waals surface area contributed by atoms with Crippen LogP contribution >= 0.6 is 0 Å². The molecule has 1 aromatic carbocycles. The molecule has 0 radical (unpaired) electrons. The van der Waals surface area contributed by atoms with Gasteiger partial charge in [0, 0.05) is 12.8 Å². The van der Waals surface area contributed by atoms with Gasteiger partial charge in [-0.3, -0.25) is 9.59 Å². The van der Waals surface area contributed by atoms with E-state index in [1.54, 1.807) is 0 Å². The lowest BCUT2D eigenvalue weighted by Crippen LogP contribution is -2.44. The molecule has 5 nitrogen and oxygen atoms in total. The molecule has 102 valence electrons. The van der Waals surface area contributed by atoms with Crippen LogP contribution in [0.25, 0.3) is 0 Å². The normalized spacial score (nSPS) is 20.2. The van der Waals surface area contributed by atoms with Gasteiger partial charge in [-0.25, -0.2) is 0 Å². The summed E-state index contributed by atoms with van der Waals surface area (Å²) >= 11 is 0. The third-order valence-electron chi connectivity index (χ3n) is 3.61. The Bertz CT molecular complexity index is 524. The number of benzene rings is 1. The summed E-state index contributed by atoms with van der Waals surface area (Å²) < 4.78 is 5.69. The minimum absolute atomic E-state index is 0.0748. The standard InChI is InChI=1S/C14H17NO4/c1-8-3-4-11-9(5-8)6-10(19-11)7-14(2,12(15)16)13(17)18/h3-5,10H,6-7H2,1-2H3,(H2,15,16)(H,17,18). The Morgan fingerprint density at radius 2 is 2.21 bits per heavy atom. The van der Waals surface area contributed by atoms with Gasteiger partial charge in [0.15, 0.2) is 0 Å². The highest BCUT2D eigenvalue weighted by Gasteiger charge is 2.43. The van der Waals surface area contributed by atoms with Crippen LogP contribution in [-0.4, -0.2) is 23.1 Å². The molecule has 5 heteroatoms. The van der Waals surface area contributed by atoms with Gasteiger partial charge in [-0.1, -0.05) is 17.7 Å². The monoisotopic (exact) mass is 263 g/mol. The minimum atomic E-state index is -1.60. The highest BCUT2D eigenvalue weighted by Crippen LogP contribution is 2.35. The fourth-order valence-corrected chi connectivity index (χ4v) is 2.31. The number of rotatable bonds is 4. The Balaban J connectivity index is 2.15. The molecular weight excluding hydrogens is 246 g/mol. The average Bonchev–Trinajstić information content (AvgIpc) is 2.69. The zero-order valence-corrected chi connectivity index (χ0v) is 11.0. The Morgan fingerprint density at radius 3 is 2.79 bits per heavy atom. The first-order valence-electron chi connectivity index (χ1n) is 6.12. The van der Waals surface area contributed by atoms with E-state index in [2.05, 4.69) is 0 Å². The van der Waals surface area contributed by atoms with Crippen molar-refractivity contribution in [2.24, 2.45) is 11.1 Å². The summed E-state index contributed by atoms with van der Waals surface area (Å²) in [7, 11) is 0. The van der Waals surface area contributed by atoms with Crippen molar-refractivity contribution in [3.8, 4) is 5.75 Å². The fraction of sp³-hybridized carbons (Fsp3) is 0.429. The number of carboxylic acids is 1. The zero-order chi connectivity index (χ0) is 14.2. The fourth-order valence-electron chi connectivity index (χ4n) is 2.31. The number of aryl methyl sites for hydroxylation is 1. The summed E-state index contributed by atoms with van der Waals surface area (Å²) in [6.45, 7) is 3.33. The van der Waals surface area contributed by atoms with E-state index in [1.165, 1.54) is 6.92 Å². The second kappa shape index (κ2) is 4.57. The smallest absolute Gasteiger partial charge is 0.319 e. The number of carbonyl (C=O) groups excluding carboxylic acids is 1. The number of primary amides is 1. The number of nitrogens with two attached hydrogens (primary N) is 1. The Hall–Kier alpha value is -2.04. The van der Waals surface area contributed by atoms with E-state index in [9.17, 15) is 9.59 Å². The van der Waals surface area contributed by atoms with E-state index in [-0.39, 0.29) is 12.5 Å². The van der Waals surface area contributed by atoms with Crippen molar-refractivity contribution in [1.82, 2.24) is 0 Å². The lowest BCUT2D eigenvalue weighted by Gasteiger charge is -2.24. The van der Waals surface area contributed by atoms with Crippen molar-refractivity contribution in [2.75, 3.05) is 0 Å². The summed E-state index contributed by atoms with van der Waals surface area (Å²) in [4.78, 5) is 22.6. The molecule has 2 rings (SSSR count). The summed E-state index contributed by atoms with van der Waals surface area (Å²) in [6.07, 6.45) is 0.351. The van der Waals surface area contributed by atoms with Crippen LogP contribution in [0.4, 0.5) is 0 Å². The maximum absolute atomic E-state index is 11.4. The highest BCUT2D eigenvalue weighted by atomic mass is 16.5. The van der Waals surface area contributed by atoms with Crippen molar-refractivity contribution in [2.45, 2.75) is 32.8 Å². The Labute approximate surface area is 111 Å². The largest absolute Gasteiger partial charge is 0.490 e. The van der Waals surface area contributed by atoms with Crippen LogP contribution in [0.15, 0.2) is 18.2 Å². The molecule has 1 aliphatic heterocycles. The molecule has 1 amide bonds. The molecule has 19 heavy (non-hydrogen) atoms. The number of aliphatic carboxylic acids is 1. The highest BCUT2D eigenvalue weighted by molar-refractivity contribution is 6.00. The maximum Gasteiger partial charge on any atom is 0.319 e. The molecule has 0 aromatic heterocycles. The molecule has 0 saturated heterocycles. The van der Waals surface area contributed by atoms with Gasteiger partial charge in [-0.05, 0) is 25.5 Å². The quantitative estimate of drug-likeness (QED) is 0.800. The van der Waals surface area contributed by atoms with Gasteiger partial charge in [-0.15, -0.1) is 0 Å². The van der Waals surface area contributed by atoms with E-state index in [0.29, 0.717) is 6.42 Å². The van der Waals surface area contributed by atoms with Crippen molar-refractivity contribution in [3.05, 3.63) is 29.3 Å². The molecule has 1 aromatic rings. The Kier molecular flexibility index (Phi) is 3.22. The van der Waals surface area contributed by atoms with Crippen molar-refractivity contribution < 1.29 is 19.4 Å². The summed E-state index contributed by atoms with van der Waals surface area (Å²) in [5.74, 6) is -1.29. The van der Waals surface area contributed by atoms with Gasteiger partial charge in [0.2, 0.25) is 5.91 Å². The van der Waals surface area contributed by atoms with Gasteiger partial charge < -0.3 is 15.6 Å². The van der Waals surface area contributed by atoms with Crippen LogP contribution < -0.4 is 10.5 Å². The van der Waals surface area contributed by atoms with E-state index in [1.807, 2.05) is 25.1 Å². The van der Waals surface area contributed by atoms with E-state index >= 15 is 0 Å². The van der Waals surface area contributed by atoms with E-state index < -0.39 is 17.3 Å². The molecule has 3 N–H and O–H groups in total. The van der Waals surface area contributed by atoms with Gasteiger partial charge in [0.1, 0.15) is 17.3 Å². The van der Waals surface area contributed by atoms with Crippen molar-refractivity contribution >= 4 is 11.9 Å². The molecule has 2 atom stereocenters. The predicted octanol–water partition coefficient (Wildman–Crippen LogP) is 1.26. The SMILES string of the molecule is Cc1ccc2c(c1)CC(CC(C)(C(N)=O)C(=O)O)O2. The first-order valence-corrected chi connectivity index (χ1v) is 6.12. The summed E-state index contributed by atoms with van der Waals surface area (Å²) in [5.41, 5.74) is 5.78. The first kappa shape index (κ1) is 13.4. The number of hydrogen-bond acceptors (Lipinski definition) is 3. The van der Waals surface area contributed by atoms with Crippen LogP contribution in [0, 0.1) is 12.3 Å². The van der Waals surface area contributed by atoms with E-state index in [4.69, 9.17) is 15.6 Å². The number of ether oxygens (including phenoxy) is 1. The van der Waals surface area contributed by atoms with Gasteiger partial charge >= 0.3 is 5.97 Å². The van der Waals surface area contributed by atoms with Crippen LogP contribution in [-0.2, 0) is 16.0 Å².